The molecular formula is C23H24F4N4O3S. The Bertz CT molecular complexity index is 1240. The van der Waals surface area contributed by atoms with Crippen LogP contribution in [0.15, 0.2) is 41.2 Å². The number of alkyl halides is 2. The lowest BCUT2D eigenvalue weighted by atomic mass is 10.0. The first-order chi connectivity index (χ1) is 16.5. The Hall–Kier alpha value is -2.91. The molecule has 1 aromatic heterocycles. The Morgan fingerprint density at radius 3 is 2.83 bits per heavy atom. The van der Waals surface area contributed by atoms with Crippen LogP contribution in [0.2, 0.25) is 0 Å². The largest absolute Gasteiger partial charge is 0.384 e. The number of aromatic nitrogens is 1. The van der Waals surface area contributed by atoms with Crippen molar-refractivity contribution in [2.45, 2.75) is 55.9 Å². The van der Waals surface area contributed by atoms with E-state index in [0.717, 1.165) is 11.6 Å². The minimum atomic E-state index is -4.28. The number of amidine groups is 1. The molecular weight excluding hydrogens is 488 g/mol. The molecule has 1 saturated heterocycles. The predicted molar refractivity (Wildman–Crippen MR) is 121 cm³/mol. The lowest BCUT2D eigenvalue weighted by Crippen LogP contribution is -2.45. The fourth-order valence-electron chi connectivity index (χ4n) is 4.03. The molecule has 2 fully saturated rings. The van der Waals surface area contributed by atoms with Gasteiger partial charge < -0.3 is 9.74 Å². The maximum Gasteiger partial charge on any atom is 0.247 e. The summed E-state index contributed by atoms with van der Waals surface area (Å²) >= 11 is 0. The third kappa shape index (κ3) is 5.51. The first-order valence-electron chi connectivity index (χ1n) is 11.0. The number of rotatable bonds is 7. The molecule has 0 aromatic carbocycles. The van der Waals surface area contributed by atoms with Crippen molar-refractivity contribution < 1.29 is 30.8 Å². The van der Waals surface area contributed by atoms with E-state index in [4.69, 9.17) is 11.3 Å². The van der Waals surface area contributed by atoms with Gasteiger partial charge in [-0.3, -0.25) is 4.98 Å². The predicted octanol–water partition coefficient (Wildman–Crippen LogP) is 3.45. The van der Waals surface area contributed by atoms with Crippen molar-refractivity contribution in [2.75, 3.05) is 13.1 Å². The van der Waals surface area contributed by atoms with Crippen molar-refractivity contribution in [2.24, 2.45) is 5.16 Å². The molecule has 7 nitrogen and oxygen atoms in total. The molecule has 1 aliphatic carbocycles. The number of oxime groups is 1. The number of nitrogens with zero attached hydrogens (tertiary/aromatic N) is 3. The molecule has 1 N–H and O–H groups in total. The second-order valence-electron chi connectivity index (χ2n) is 8.86. The van der Waals surface area contributed by atoms with E-state index in [1.807, 2.05) is 5.92 Å². The standard InChI is InChI=1S/C23H24F4N4O3S/c1-3-4-16(24)9-17(25)8-15-7-14(2)11-28-22(15)20-10-21(29-34-20)31-12-18(26)19(13-31)30-35(32,33)23(27)5-6-23/h1,4,7,9,11,18-20,30H,5-6,8,10,12-13H2,2H3/b16-4+,17-9+/t18-,19+,20-/m0/s1. The topological polar surface area (TPSA) is 83.9 Å². The fourth-order valence-corrected chi connectivity index (χ4v) is 5.50. The van der Waals surface area contributed by atoms with Gasteiger partial charge in [0.05, 0.1) is 24.7 Å². The number of hydrogen-bond donors (Lipinski definition) is 1. The summed E-state index contributed by atoms with van der Waals surface area (Å²) in [4.78, 5) is 11.4. The van der Waals surface area contributed by atoms with Crippen LogP contribution in [0.3, 0.4) is 0 Å². The summed E-state index contributed by atoms with van der Waals surface area (Å²) in [6.07, 6.45) is 5.50. The molecule has 3 heterocycles. The van der Waals surface area contributed by atoms with E-state index in [2.05, 4.69) is 14.9 Å². The first-order valence-corrected chi connectivity index (χ1v) is 12.5. The summed E-state index contributed by atoms with van der Waals surface area (Å²) in [5.74, 6) is 0.688. The van der Waals surface area contributed by atoms with Crippen LogP contribution in [0.4, 0.5) is 17.6 Å². The summed E-state index contributed by atoms with van der Waals surface area (Å²) in [6.45, 7) is 1.58. The average molecular weight is 513 g/mol. The number of aryl methyl sites for hydroxylation is 1. The number of sulfonamides is 1. The first kappa shape index (κ1) is 25.2. The number of pyridine rings is 1. The maximum absolute atomic E-state index is 14.6. The Balaban J connectivity index is 1.43. The fraction of sp³-hybridized carbons (Fsp3) is 0.478. The van der Waals surface area contributed by atoms with Crippen LogP contribution in [0.1, 0.15) is 42.2 Å². The minimum Gasteiger partial charge on any atom is -0.384 e. The number of hydrogen-bond acceptors (Lipinski definition) is 6. The highest BCUT2D eigenvalue weighted by Crippen LogP contribution is 2.44. The molecule has 2 aliphatic heterocycles. The Morgan fingerprint density at radius 2 is 2.14 bits per heavy atom. The van der Waals surface area contributed by atoms with Gasteiger partial charge in [-0.25, -0.2) is 30.7 Å². The molecule has 1 aromatic rings. The summed E-state index contributed by atoms with van der Waals surface area (Å²) in [5, 5.41) is 1.68. The second-order valence-corrected chi connectivity index (χ2v) is 10.8. The monoisotopic (exact) mass is 512 g/mol. The van der Waals surface area contributed by atoms with Gasteiger partial charge in [0.15, 0.2) is 6.10 Å². The van der Waals surface area contributed by atoms with Gasteiger partial charge in [-0.2, -0.15) is 0 Å². The third-order valence-electron chi connectivity index (χ3n) is 6.02. The highest BCUT2D eigenvalue weighted by molar-refractivity contribution is 7.91. The Morgan fingerprint density at radius 1 is 1.40 bits per heavy atom. The molecule has 3 atom stereocenters. The van der Waals surface area contributed by atoms with E-state index >= 15 is 0 Å². The third-order valence-corrected chi connectivity index (χ3v) is 8.00. The molecule has 0 spiro atoms. The zero-order valence-corrected chi connectivity index (χ0v) is 19.7. The quantitative estimate of drug-likeness (QED) is 0.344. The van der Waals surface area contributed by atoms with Crippen LogP contribution < -0.4 is 4.72 Å². The number of likely N-dealkylation sites (tertiary alicyclic amines) is 1. The van der Waals surface area contributed by atoms with E-state index in [1.165, 1.54) is 4.90 Å². The molecule has 0 radical (unpaired) electrons. The van der Waals surface area contributed by atoms with Crippen LogP contribution >= 0.6 is 0 Å². The zero-order valence-electron chi connectivity index (χ0n) is 18.8. The van der Waals surface area contributed by atoms with E-state index in [-0.39, 0.29) is 38.8 Å². The van der Waals surface area contributed by atoms with Gasteiger partial charge in [0, 0.05) is 44.2 Å². The van der Waals surface area contributed by atoms with Crippen molar-refractivity contribution in [1.29, 1.82) is 0 Å². The van der Waals surface area contributed by atoms with Gasteiger partial charge in [-0.1, -0.05) is 17.1 Å². The Kier molecular flexibility index (Phi) is 6.92. The van der Waals surface area contributed by atoms with Crippen LogP contribution in [0.25, 0.3) is 0 Å². The van der Waals surface area contributed by atoms with Crippen molar-refractivity contribution in [3.8, 4) is 12.3 Å². The smallest absolute Gasteiger partial charge is 0.247 e. The number of halogens is 4. The number of nitrogens with one attached hydrogen (secondary N) is 1. The highest BCUT2D eigenvalue weighted by Gasteiger charge is 2.57. The molecule has 4 rings (SSSR count). The summed E-state index contributed by atoms with van der Waals surface area (Å²) in [5.41, 5.74) is 1.61. The average Bonchev–Trinajstić information content (AvgIpc) is 3.20. The van der Waals surface area contributed by atoms with Gasteiger partial charge in [0.1, 0.15) is 23.7 Å². The van der Waals surface area contributed by atoms with Crippen molar-refractivity contribution in [3.05, 3.63) is 52.9 Å². The SMILES string of the molecule is C#C/C=C(F)\C=C(\F)Cc1cc(C)cnc1[C@@H]1CC(N2C[C@H](F)[C@H](NS(=O)(=O)C3(F)CC3)C2)=NO1. The van der Waals surface area contributed by atoms with Crippen molar-refractivity contribution in [3.63, 3.8) is 0 Å². The molecule has 0 unspecified atom stereocenters. The van der Waals surface area contributed by atoms with Crippen molar-refractivity contribution >= 4 is 15.9 Å². The molecule has 35 heavy (non-hydrogen) atoms. The summed E-state index contributed by atoms with van der Waals surface area (Å²) < 4.78 is 82.9. The van der Waals surface area contributed by atoms with E-state index in [1.54, 1.807) is 19.2 Å². The van der Waals surface area contributed by atoms with Gasteiger partial charge >= 0.3 is 0 Å². The number of terminal acetylenes is 1. The van der Waals surface area contributed by atoms with Gasteiger partial charge in [-0.05, 0) is 18.1 Å². The van der Waals surface area contributed by atoms with E-state index < -0.39 is 45.0 Å². The van der Waals surface area contributed by atoms with Gasteiger partial charge in [0.25, 0.3) is 0 Å². The molecule has 188 valence electrons. The van der Waals surface area contributed by atoms with Crippen LogP contribution in [0, 0.1) is 19.3 Å². The van der Waals surface area contributed by atoms with Crippen LogP contribution in [-0.2, 0) is 21.3 Å². The second kappa shape index (κ2) is 9.62. The molecule has 0 amide bonds. The zero-order chi connectivity index (χ0) is 25.4. The Labute approximate surface area is 201 Å². The summed E-state index contributed by atoms with van der Waals surface area (Å²) in [7, 11) is -4.28. The number of allylic oxidation sites excluding steroid dienone is 4. The van der Waals surface area contributed by atoms with Crippen LogP contribution in [-0.4, -0.2) is 54.4 Å². The van der Waals surface area contributed by atoms with E-state index in [0.29, 0.717) is 23.2 Å². The molecule has 0 bridgehead atoms. The minimum absolute atomic E-state index is 0.0439. The van der Waals surface area contributed by atoms with Crippen molar-refractivity contribution in [1.82, 2.24) is 14.6 Å². The molecule has 3 aliphatic rings. The molecule has 12 heteroatoms. The van der Waals surface area contributed by atoms with Crippen LogP contribution in [0.5, 0.6) is 0 Å². The lowest BCUT2D eigenvalue weighted by molar-refractivity contribution is 0.0817. The molecule has 1 saturated carbocycles. The normalized spacial score (nSPS) is 26.3. The van der Waals surface area contributed by atoms with E-state index in [9.17, 15) is 26.0 Å². The van der Waals surface area contributed by atoms with Gasteiger partial charge in [0.2, 0.25) is 15.0 Å². The maximum atomic E-state index is 14.6. The van der Waals surface area contributed by atoms with Gasteiger partial charge in [-0.15, -0.1) is 6.42 Å². The highest BCUT2D eigenvalue weighted by atomic mass is 32.2. The lowest BCUT2D eigenvalue weighted by Gasteiger charge is -2.18. The summed E-state index contributed by atoms with van der Waals surface area (Å²) in [6, 6.07) is 0.580.